The molecule has 1 aromatic carbocycles. The first-order valence-corrected chi connectivity index (χ1v) is 7.46. The topological polar surface area (TPSA) is 92.4 Å². The largest absolute Gasteiger partial charge is 0.481 e. The van der Waals surface area contributed by atoms with E-state index in [9.17, 15) is 9.59 Å². The van der Waals surface area contributed by atoms with E-state index in [4.69, 9.17) is 9.63 Å². The minimum atomic E-state index is -0.825. The average molecular weight is 316 g/mol. The summed E-state index contributed by atoms with van der Waals surface area (Å²) in [4.78, 5) is 22.9. The van der Waals surface area contributed by atoms with E-state index in [1.54, 1.807) is 37.3 Å². The fourth-order valence-electron chi connectivity index (χ4n) is 2.03. The van der Waals surface area contributed by atoms with E-state index in [2.05, 4.69) is 10.5 Å². The first-order valence-electron chi connectivity index (χ1n) is 7.46. The molecule has 0 saturated carbocycles. The maximum Gasteiger partial charge on any atom is 0.306 e. The molecule has 2 rings (SSSR count). The van der Waals surface area contributed by atoms with Gasteiger partial charge in [0.25, 0.3) is 5.91 Å². The van der Waals surface area contributed by atoms with E-state index in [0.29, 0.717) is 17.9 Å². The van der Waals surface area contributed by atoms with Gasteiger partial charge in [0.15, 0.2) is 5.69 Å². The lowest BCUT2D eigenvalue weighted by molar-refractivity contribution is -0.141. The number of nitrogens with zero attached hydrogens (tertiary/aromatic N) is 1. The third-order valence-electron chi connectivity index (χ3n) is 3.51. The summed E-state index contributed by atoms with van der Waals surface area (Å²) in [5.41, 5.74) is 1.76. The number of benzene rings is 1. The maximum absolute atomic E-state index is 12.1. The first-order chi connectivity index (χ1) is 10.9. The van der Waals surface area contributed by atoms with Gasteiger partial charge in [0.05, 0.1) is 5.92 Å². The monoisotopic (exact) mass is 316 g/mol. The van der Waals surface area contributed by atoms with Crippen LogP contribution in [0.3, 0.4) is 0 Å². The van der Waals surface area contributed by atoms with Crippen molar-refractivity contribution in [2.24, 2.45) is 5.92 Å². The maximum atomic E-state index is 12.1. The van der Waals surface area contributed by atoms with Gasteiger partial charge in [0.2, 0.25) is 0 Å². The number of anilines is 1. The van der Waals surface area contributed by atoms with E-state index in [0.717, 1.165) is 5.56 Å². The number of hydrogen-bond acceptors (Lipinski definition) is 4. The van der Waals surface area contributed by atoms with Crippen molar-refractivity contribution >= 4 is 17.6 Å². The molecule has 1 aromatic heterocycles. The molecule has 1 heterocycles. The molecule has 0 bridgehead atoms. The molecule has 6 nitrogen and oxygen atoms in total. The van der Waals surface area contributed by atoms with Gasteiger partial charge in [0, 0.05) is 17.7 Å². The molecule has 0 saturated heterocycles. The van der Waals surface area contributed by atoms with Gasteiger partial charge in [0.1, 0.15) is 5.76 Å². The minimum absolute atomic E-state index is 0.166. The molecule has 0 fully saturated rings. The average Bonchev–Trinajstić information content (AvgIpc) is 2.99. The van der Waals surface area contributed by atoms with Gasteiger partial charge in [-0.3, -0.25) is 9.59 Å². The Labute approximate surface area is 134 Å². The highest BCUT2D eigenvalue weighted by Crippen LogP contribution is 2.17. The third kappa shape index (κ3) is 4.42. The summed E-state index contributed by atoms with van der Waals surface area (Å²) in [5, 5.41) is 15.4. The predicted octanol–water partition coefficient (Wildman–Crippen LogP) is 3.31. The molecule has 0 aliphatic rings. The molecule has 1 atom stereocenters. The van der Waals surface area contributed by atoms with Crippen molar-refractivity contribution in [1.29, 1.82) is 0 Å². The zero-order valence-electron chi connectivity index (χ0n) is 13.4. The second-order valence-electron chi connectivity index (χ2n) is 5.86. The van der Waals surface area contributed by atoms with Crippen LogP contribution in [0.5, 0.6) is 0 Å². The molecule has 0 aliphatic carbocycles. The quantitative estimate of drug-likeness (QED) is 0.853. The highest BCUT2D eigenvalue weighted by atomic mass is 16.5. The Morgan fingerprint density at radius 3 is 2.39 bits per heavy atom. The minimum Gasteiger partial charge on any atom is -0.481 e. The molecular formula is C17H20N2O4. The summed E-state index contributed by atoms with van der Waals surface area (Å²) in [6, 6.07) is 8.72. The van der Waals surface area contributed by atoms with Gasteiger partial charge < -0.3 is 14.9 Å². The van der Waals surface area contributed by atoms with E-state index in [1.807, 2.05) is 13.8 Å². The van der Waals surface area contributed by atoms with Crippen LogP contribution >= 0.6 is 0 Å². The number of hydrogen-bond donors (Lipinski definition) is 2. The van der Waals surface area contributed by atoms with Crippen molar-refractivity contribution < 1.29 is 19.2 Å². The fourth-order valence-corrected chi connectivity index (χ4v) is 2.03. The van der Waals surface area contributed by atoms with Gasteiger partial charge in [-0.05, 0) is 24.1 Å². The Morgan fingerprint density at radius 1 is 1.22 bits per heavy atom. The molecule has 2 N–H and O–H groups in total. The molecule has 1 amide bonds. The lowest BCUT2D eigenvalue weighted by Gasteiger charge is -2.07. The molecule has 122 valence electrons. The van der Waals surface area contributed by atoms with Gasteiger partial charge in [-0.2, -0.15) is 0 Å². The van der Waals surface area contributed by atoms with Crippen molar-refractivity contribution in [3.8, 4) is 0 Å². The summed E-state index contributed by atoms with van der Waals surface area (Å²) in [5.74, 6) is -0.783. The van der Waals surface area contributed by atoms with Crippen LogP contribution in [0.2, 0.25) is 0 Å². The lowest BCUT2D eigenvalue weighted by Crippen LogP contribution is -2.13. The molecule has 2 aromatic rings. The number of aliphatic carboxylic acids is 1. The molecule has 23 heavy (non-hydrogen) atoms. The summed E-state index contributed by atoms with van der Waals surface area (Å²) in [6.45, 7) is 5.58. The second kappa shape index (κ2) is 7.09. The van der Waals surface area contributed by atoms with Gasteiger partial charge in [-0.25, -0.2) is 0 Å². The number of carboxylic acid groups (broad SMARTS) is 1. The predicted molar refractivity (Wildman–Crippen MR) is 85.5 cm³/mol. The molecule has 0 radical (unpaired) electrons. The van der Waals surface area contributed by atoms with Crippen LogP contribution in [0.1, 0.15) is 48.5 Å². The highest BCUT2D eigenvalue weighted by Gasteiger charge is 2.15. The van der Waals surface area contributed by atoms with E-state index in [1.165, 1.54) is 0 Å². The van der Waals surface area contributed by atoms with Crippen molar-refractivity contribution in [1.82, 2.24) is 5.16 Å². The number of rotatable bonds is 6. The first kappa shape index (κ1) is 16.7. The normalized spacial score (nSPS) is 12.2. The number of carbonyl (C=O) groups is 2. The summed E-state index contributed by atoms with van der Waals surface area (Å²) in [6.07, 6.45) is 0.449. The number of carbonyl (C=O) groups excluding carboxylic acids is 1. The van der Waals surface area contributed by atoms with Crippen LogP contribution in [0, 0.1) is 5.92 Å². The van der Waals surface area contributed by atoms with Crippen LogP contribution in [-0.4, -0.2) is 22.1 Å². The SMILES string of the molecule is CC(Cc1ccc(NC(=O)c2cc(C(C)C)on2)cc1)C(=O)O. The van der Waals surface area contributed by atoms with E-state index in [-0.39, 0.29) is 17.5 Å². The summed E-state index contributed by atoms with van der Waals surface area (Å²) < 4.78 is 5.10. The third-order valence-corrected chi connectivity index (χ3v) is 3.51. The van der Waals surface area contributed by atoms with Crippen molar-refractivity contribution in [2.75, 3.05) is 5.32 Å². The van der Waals surface area contributed by atoms with Crippen LogP contribution in [0.25, 0.3) is 0 Å². The van der Waals surface area contributed by atoms with Crippen molar-refractivity contribution in [2.45, 2.75) is 33.1 Å². The number of carboxylic acids is 1. The van der Waals surface area contributed by atoms with Crippen molar-refractivity contribution in [3.63, 3.8) is 0 Å². The zero-order chi connectivity index (χ0) is 17.0. The van der Waals surface area contributed by atoms with Crippen molar-refractivity contribution in [3.05, 3.63) is 47.3 Å². The van der Waals surface area contributed by atoms with Gasteiger partial charge in [-0.15, -0.1) is 0 Å². The molecule has 0 aliphatic heterocycles. The van der Waals surface area contributed by atoms with Crippen LogP contribution < -0.4 is 5.32 Å². The van der Waals surface area contributed by atoms with E-state index < -0.39 is 11.9 Å². The molecular weight excluding hydrogens is 296 g/mol. The van der Waals surface area contributed by atoms with Crippen LogP contribution in [-0.2, 0) is 11.2 Å². The molecule has 0 spiro atoms. The smallest absolute Gasteiger partial charge is 0.306 e. The lowest BCUT2D eigenvalue weighted by atomic mass is 10.0. The van der Waals surface area contributed by atoms with Gasteiger partial charge >= 0.3 is 5.97 Å². The van der Waals surface area contributed by atoms with Crippen LogP contribution in [0.4, 0.5) is 5.69 Å². The highest BCUT2D eigenvalue weighted by molar-refractivity contribution is 6.02. The molecule has 6 heteroatoms. The Bertz CT molecular complexity index is 689. The Kier molecular flexibility index (Phi) is 5.16. The van der Waals surface area contributed by atoms with E-state index >= 15 is 0 Å². The summed E-state index contributed by atoms with van der Waals surface area (Å²) in [7, 11) is 0. The second-order valence-corrected chi connectivity index (χ2v) is 5.86. The number of amides is 1. The standard InChI is InChI=1S/C17H20N2O4/c1-10(2)15-9-14(19-23-15)16(20)18-13-6-4-12(5-7-13)8-11(3)17(21)22/h4-7,9-11H,8H2,1-3H3,(H,18,20)(H,21,22). The Hall–Kier alpha value is -2.63. The number of aromatic nitrogens is 1. The van der Waals surface area contributed by atoms with Gasteiger partial charge in [-0.1, -0.05) is 38.1 Å². The molecule has 1 unspecified atom stereocenters. The zero-order valence-corrected chi connectivity index (χ0v) is 13.4. The van der Waals surface area contributed by atoms with Crippen LogP contribution in [0.15, 0.2) is 34.9 Å². The Balaban J connectivity index is 1.99. The number of nitrogens with one attached hydrogen (secondary N) is 1. The Morgan fingerprint density at radius 2 is 1.87 bits per heavy atom. The summed E-state index contributed by atoms with van der Waals surface area (Å²) >= 11 is 0. The fraction of sp³-hybridized carbons (Fsp3) is 0.353.